The standard InChI is InChI=1S/C14H20N4S/c1-3-18-9-12(8-16-18)14(17-15)10-19-13-6-4-11(2)5-7-13/h4-9,14,17H,3,10,15H2,1-2H3. The Morgan fingerprint density at radius 2 is 2.11 bits per heavy atom. The molecule has 4 nitrogen and oxygen atoms in total. The molecule has 3 N–H and O–H groups in total. The van der Waals surface area contributed by atoms with Crippen molar-refractivity contribution < 1.29 is 0 Å². The molecule has 1 heterocycles. The van der Waals surface area contributed by atoms with Gasteiger partial charge in [-0.1, -0.05) is 17.7 Å². The summed E-state index contributed by atoms with van der Waals surface area (Å²) in [5.41, 5.74) is 5.27. The highest BCUT2D eigenvalue weighted by molar-refractivity contribution is 7.99. The first-order valence-corrected chi connectivity index (χ1v) is 7.39. The maximum Gasteiger partial charge on any atom is 0.0584 e. The van der Waals surface area contributed by atoms with Gasteiger partial charge in [0, 0.05) is 29.0 Å². The number of nitrogens with zero attached hydrogens (tertiary/aromatic N) is 2. The molecule has 5 heteroatoms. The highest BCUT2D eigenvalue weighted by Crippen LogP contribution is 2.24. The molecule has 1 unspecified atom stereocenters. The summed E-state index contributed by atoms with van der Waals surface area (Å²) in [6, 6.07) is 8.66. The zero-order valence-corrected chi connectivity index (χ0v) is 12.2. The first kappa shape index (κ1) is 14.1. The van der Waals surface area contributed by atoms with Gasteiger partial charge < -0.3 is 0 Å². The number of thioether (sulfide) groups is 1. The second-order valence-electron chi connectivity index (χ2n) is 4.47. The number of hydrogen-bond donors (Lipinski definition) is 2. The monoisotopic (exact) mass is 276 g/mol. The van der Waals surface area contributed by atoms with Crippen LogP contribution in [0.1, 0.15) is 24.1 Å². The minimum Gasteiger partial charge on any atom is -0.273 e. The number of hydrazine groups is 1. The van der Waals surface area contributed by atoms with Gasteiger partial charge in [0.1, 0.15) is 0 Å². The third-order valence-electron chi connectivity index (χ3n) is 3.02. The minimum atomic E-state index is 0.117. The lowest BCUT2D eigenvalue weighted by atomic mass is 10.2. The van der Waals surface area contributed by atoms with Crippen LogP contribution in [-0.2, 0) is 6.54 Å². The SMILES string of the molecule is CCn1cc(C(CSc2ccc(C)cc2)NN)cn1. The van der Waals surface area contributed by atoms with Gasteiger partial charge in [0.2, 0.25) is 0 Å². The summed E-state index contributed by atoms with van der Waals surface area (Å²) in [7, 11) is 0. The first-order valence-electron chi connectivity index (χ1n) is 6.41. The molecule has 1 aromatic heterocycles. The van der Waals surface area contributed by atoms with E-state index in [-0.39, 0.29) is 6.04 Å². The second-order valence-corrected chi connectivity index (χ2v) is 5.57. The number of rotatable bonds is 6. The molecule has 0 bridgehead atoms. The van der Waals surface area contributed by atoms with E-state index in [9.17, 15) is 0 Å². The van der Waals surface area contributed by atoms with E-state index >= 15 is 0 Å². The van der Waals surface area contributed by atoms with Crippen LogP contribution >= 0.6 is 11.8 Å². The van der Waals surface area contributed by atoms with Crippen molar-refractivity contribution >= 4 is 11.8 Å². The van der Waals surface area contributed by atoms with Crippen molar-refractivity contribution in [3.05, 3.63) is 47.8 Å². The molecule has 0 aliphatic heterocycles. The van der Waals surface area contributed by atoms with E-state index in [0.29, 0.717) is 0 Å². The molecule has 0 spiro atoms. The molecule has 0 radical (unpaired) electrons. The van der Waals surface area contributed by atoms with Crippen LogP contribution < -0.4 is 11.3 Å². The molecule has 0 saturated heterocycles. The van der Waals surface area contributed by atoms with Gasteiger partial charge in [-0.3, -0.25) is 16.0 Å². The Morgan fingerprint density at radius 1 is 1.37 bits per heavy atom. The molecule has 1 atom stereocenters. The summed E-state index contributed by atoms with van der Waals surface area (Å²) in [5, 5.41) is 4.28. The molecule has 0 saturated carbocycles. The Balaban J connectivity index is 1.97. The average Bonchev–Trinajstić information content (AvgIpc) is 2.90. The fourth-order valence-corrected chi connectivity index (χ4v) is 2.76. The Hall–Kier alpha value is -1.30. The summed E-state index contributed by atoms with van der Waals surface area (Å²) in [5.74, 6) is 6.53. The van der Waals surface area contributed by atoms with Gasteiger partial charge in [-0.25, -0.2) is 0 Å². The minimum absolute atomic E-state index is 0.117. The largest absolute Gasteiger partial charge is 0.273 e. The molecule has 0 aliphatic carbocycles. The second kappa shape index (κ2) is 6.75. The summed E-state index contributed by atoms with van der Waals surface area (Å²) < 4.78 is 1.91. The Kier molecular flexibility index (Phi) is 5.01. The normalized spacial score (nSPS) is 12.6. The van der Waals surface area contributed by atoms with Gasteiger partial charge in [-0.2, -0.15) is 5.10 Å². The van der Waals surface area contributed by atoms with E-state index in [1.165, 1.54) is 10.5 Å². The van der Waals surface area contributed by atoms with Gasteiger partial charge in [-0.15, -0.1) is 11.8 Å². The number of nitrogens with one attached hydrogen (secondary N) is 1. The van der Waals surface area contributed by atoms with Crippen LogP contribution in [0.3, 0.4) is 0 Å². The van der Waals surface area contributed by atoms with Crippen molar-refractivity contribution in [2.24, 2.45) is 5.84 Å². The third-order valence-corrected chi connectivity index (χ3v) is 4.12. The Labute approximate surface area is 118 Å². The van der Waals surface area contributed by atoms with Crippen LogP contribution in [-0.4, -0.2) is 15.5 Å². The number of nitrogens with two attached hydrogens (primary N) is 1. The quantitative estimate of drug-likeness (QED) is 0.483. The zero-order chi connectivity index (χ0) is 13.7. The average molecular weight is 276 g/mol. The molecule has 0 aliphatic rings. The zero-order valence-electron chi connectivity index (χ0n) is 11.3. The molecule has 1 aromatic carbocycles. The van der Waals surface area contributed by atoms with Crippen molar-refractivity contribution in [1.82, 2.24) is 15.2 Å². The molecule has 2 aromatic rings. The number of benzene rings is 1. The number of aromatic nitrogens is 2. The lowest BCUT2D eigenvalue weighted by Crippen LogP contribution is -2.29. The molecule has 2 rings (SSSR count). The molecule has 0 amide bonds. The van der Waals surface area contributed by atoms with Crippen molar-refractivity contribution in [1.29, 1.82) is 0 Å². The Bertz CT molecular complexity index is 506. The van der Waals surface area contributed by atoms with Crippen LogP contribution in [0.15, 0.2) is 41.6 Å². The summed E-state index contributed by atoms with van der Waals surface area (Å²) in [6.45, 7) is 5.04. The predicted molar refractivity (Wildman–Crippen MR) is 79.9 cm³/mol. The summed E-state index contributed by atoms with van der Waals surface area (Å²) >= 11 is 1.79. The van der Waals surface area contributed by atoms with Gasteiger partial charge in [-0.05, 0) is 26.0 Å². The lowest BCUT2D eigenvalue weighted by Gasteiger charge is -2.13. The highest BCUT2D eigenvalue weighted by atomic mass is 32.2. The summed E-state index contributed by atoms with van der Waals surface area (Å²) in [6.07, 6.45) is 3.92. The van der Waals surface area contributed by atoms with Crippen molar-refractivity contribution in [3.63, 3.8) is 0 Å². The maximum atomic E-state index is 5.64. The molecule has 102 valence electrons. The van der Waals surface area contributed by atoms with Crippen LogP contribution in [0, 0.1) is 6.92 Å². The fourth-order valence-electron chi connectivity index (χ4n) is 1.79. The first-order chi connectivity index (χ1) is 9.22. The molecular weight excluding hydrogens is 256 g/mol. The smallest absolute Gasteiger partial charge is 0.0584 e. The van der Waals surface area contributed by atoms with E-state index in [1.807, 2.05) is 17.1 Å². The van der Waals surface area contributed by atoms with Crippen LogP contribution in [0.2, 0.25) is 0 Å². The van der Waals surface area contributed by atoms with Crippen LogP contribution in [0.25, 0.3) is 0 Å². The summed E-state index contributed by atoms with van der Waals surface area (Å²) in [4.78, 5) is 1.26. The van der Waals surface area contributed by atoms with E-state index in [4.69, 9.17) is 5.84 Å². The van der Waals surface area contributed by atoms with Crippen molar-refractivity contribution in [2.75, 3.05) is 5.75 Å². The predicted octanol–water partition coefficient (Wildman–Crippen LogP) is 2.51. The van der Waals surface area contributed by atoms with Crippen molar-refractivity contribution in [3.8, 4) is 0 Å². The van der Waals surface area contributed by atoms with Crippen LogP contribution in [0.4, 0.5) is 0 Å². The maximum absolute atomic E-state index is 5.64. The molecular formula is C14H20N4S. The van der Waals surface area contributed by atoms with E-state index < -0.39 is 0 Å². The van der Waals surface area contributed by atoms with Gasteiger partial charge >= 0.3 is 0 Å². The molecule has 0 fully saturated rings. The number of hydrogen-bond acceptors (Lipinski definition) is 4. The van der Waals surface area contributed by atoms with Crippen LogP contribution in [0.5, 0.6) is 0 Å². The Morgan fingerprint density at radius 3 is 2.68 bits per heavy atom. The van der Waals surface area contributed by atoms with Gasteiger partial charge in [0.15, 0.2) is 0 Å². The van der Waals surface area contributed by atoms with E-state index in [1.54, 1.807) is 11.8 Å². The topological polar surface area (TPSA) is 55.9 Å². The third kappa shape index (κ3) is 3.83. The number of aryl methyl sites for hydroxylation is 2. The van der Waals surface area contributed by atoms with Gasteiger partial charge in [0.05, 0.1) is 12.2 Å². The van der Waals surface area contributed by atoms with E-state index in [0.717, 1.165) is 17.9 Å². The molecule has 19 heavy (non-hydrogen) atoms. The lowest BCUT2D eigenvalue weighted by molar-refractivity contribution is 0.607. The fraction of sp³-hybridized carbons (Fsp3) is 0.357. The van der Waals surface area contributed by atoms with Crippen molar-refractivity contribution in [2.45, 2.75) is 31.3 Å². The van der Waals surface area contributed by atoms with E-state index in [2.05, 4.69) is 48.6 Å². The van der Waals surface area contributed by atoms with Gasteiger partial charge in [0.25, 0.3) is 0 Å². The highest BCUT2D eigenvalue weighted by Gasteiger charge is 2.12.